The van der Waals surface area contributed by atoms with Gasteiger partial charge in [-0.05, 0) is 17.7 Å². The number of aromatic nitrogens is 1. The second-order valence-electron chi connectivity index (χ2n) is 3.04. The highest BCUT2D eigenvalue weighted by atomic mass is 35.5. The maximum Gasteiger partial charge on any atom is 0.404 e. The summed E-state index contributed by atoms with van der Waals surface area (Å²) in [6.07, 6.45) is 3.50. The molecule has 88 valence electrons. The first-order valence-corrected chi connectivity index (χ1v) is 5.38. The van der Waals surface area contributed by atoms with Crippen molar-refractivity contribution in [1.82, 2.24) is 4.98 Å². The van der Waals surface area contributed by atoms with Crippen LogP contribution in [0.2, 0.25) is 0 Å². The minimum Gasteiger partial charge on any atom is -0.449 e. The standard InChI is InChI=1S/C8H7ClO2.C5H5N/c9-8(10)11-6-7-4-2-1-3-5-7;1-2-4-6-5-3-1/h1-5H,6H2;1-5H. The Morgan fingerprint density at radius 2 is 1.65 bits per heavy atom. The van der Waals surface area contributed by atoms with E-state index in [1.807, 2.05) is 48.5 Å². The molecule has 2 rings (SSSR count). The third-order valence-corrected chi connectivity index (χ3v) is 1.87. The van der Waals surface area contributed by atoms with E-state index in [0.717, 1.165) is 5.56 Å². The minimum atomic E-state index is -0.770. The molecule has 0 spiro atoms. The van der Waals surface area contributed by atoms with Gasteiger partial charge in [-0.15, -0.1) is 0 Å². The smallest absolute Gasteiger partial charge is 0.404 e. The number of carbonyl (C=O) groups excluding carboxylic acids is 1. The highest BCUT2D eigenvalue weighted by Crippen LogP contribution is 2.01. The summed E-state index contributed by atoms with van der Waals surface area (Å²) >= 11 is 4.97. The zero-order chi connectivity index (χ0) is 12.3. The SMILES string of the molecule is O=C(Cl)OCc1ccccc1.c1ccncc1. The van der Waals surface area contributed by atoms with Crippen molar-refractivity contribution in [3.8, 4) is 0 Å². The van der Waals surface area contributed by atoms with Crippen LogP contribution >= 0.6 is 11.6 Å². The van der Waals surface area contributed by atoms with E-state index in [0.29, 0.717) is 0 Å². The van der Waals surface area contributed by atoms with Crippen LogP contribution in [-0.2, 0) is 11.3 Å². The number of rotatable bonds is 2. The predicted molar refractivity (Wildman–Crippen MR) is 66.7 cm³/mol. The summed E-state index contributed by atoms with van der Waals surface area (Å²) in [5, 5.41) is 0. The van der Waals surface area contributed by atoms with E-state index >= 15 is 0 Å². The molecule has 0 aliphatic heterocycles. The van der Waals surface area contributed by atoms with Gasteiger partial charge in [-0.1, -0.05) is 36.4 Å². The molecule has 0 saturated heterocycles. The zero-order valence-corrected chi connectivity index (χ0v) is 9.88. The first-order valence-electron chi connectivity index (χ1n) is 5.00. The lowest BCUT2D eigenvalue weighted by molar-refractivity contribution is 0.167. The molecule has 0 aliphatic rings. The summed E-state index contributed by atoms with van der Waals surface area (Å²) in [4.78, 5) is 13.9. The lowest BCUT2D eigenvalue weighted by Crippen LogP contribution is -1.93. The first kappa shape index (κ1) is 13.2. The van der Waals surface area contributed by atoms with Gasteiger partial charge in [-0.2, -0.15) is 0 Å². The van der Waals surface area contributed by atoms with Crippen LogP contribution in [0.3, 0.4) is 0 Å². The summed E-state index contributed by atoms with van der Waals surface area (Å²) in [6.45, 7) is 0.239. The van der Waals surface area contributed by atoms with E-state index in [2.05, 4.69) is 9.72 Å². The van der Waals surface area contributed by atoms with Crippen LogP contribution in [0.5, 0.6) is 0 Å². The molecule has 0 amide bonds. The molecular formula is C13H12ClNO2. The maximum atomic E-state index is 10.2. The second-order valence-corrected chi connectivity index (χ2v) is 3.35. The molecule has 0 unspecified atom stereocenters. The number of benzene rings is 1. The lowest BCUT2D eigenvalue weighted by atomic mass is 10.2. The van der Waals surface area contributed by atoms with Gasteiger partial charge in [0.2, 0.25) is 0 Å². The molecule has 1 aromatic heterocycles. The zero-order valence-electron chi connectivity index (χ0n) is 9.12. The normalized spacial score (nSPS) is 8.76. The van der Waals surface area contributed by atoms with Crippen molar-refractivity contribution in [2.45, 2.75) is 6.61 Å². The first-order chi connectivity index (χ1) is 8.29. The van der Waals surface area contributed by atoms with Crippen molar-refractivity contribution in [3.05, 3.63) is 66.5 Å². The van der Waals surface area contributed by atoms with Gasteiger partial charge < -0.3 is 4.74 Å². The Balaban J connectivity index is 0.000000202. The fourth-order valence-corrected chi connectivity index (χ4v) is 1.08. The van der Waals surface area contributed by atoms with Crippen LogP contribution < -0.4 is 0 Å². The monoisotopic (exact) mass is 249 g/mol. The Hall–Kier alpha value is -1.87. The largest absolute Gasteiger partial charge is 0.449 e. The van der Waals surface area contributed by atoms with Gasteiger partial charge in [0, 0.05) is 24.0 Å². The van der Waals surface area contributed by atoms with Crippen molar-refractivity contribution < 1.29 is 9.53 Å². The highest BCUT2D eigenvalue weighted by Gasteiger charge is 1.95. The number of nitrogens with zero attached hydrogens (tertiary/aromatic N) is 1. The molecule has 0 aliphatic carbocycles. The molecule has 0 atom stereocenters. The van der Waals surface area contributed by atoms with Crippen LogP contribution in [-0.4, -0.2) is 10.4 Å². The number of hydrogen-bond donors (Lipinski definition) is 0. The molecule has 2 aromatic rings. The van der Waals surface area contributed by atoms with Crippen LogP contribution in [0, 0.1) is 0 Å². The van der Waals surface area contributed by atoms with Crippen molar-refractivity contribution in [2.24, 2.45) is 0 Å². The summed E-state index contributed by atoms with van der Waals surface area (Å²) in [5.74, 6) is 0. The van der Waals surface area contributed by atoms with Gasteiger partial charge in [-0.3, -0.25) is 4.98 Å². The Bertz CT molecular complexity index is 393. The molecule has 0 bridgehead atoms. The average molecular weight is 250 g/mol. The van der Waals surface area contributed by atoms with Gasteiger partial charge in [0.05, 0.1) is 0 Å². The molecule has 0 saturated carbocycles. The minimum absolute atomic E-state index is 0.239. The molecule has 1 heterocycles. The van der Waals surface area contributed by atoms with Gasteiger partial charge in [-0.25, -0.2) is 4.79 Å². The fourth-order valence-electron chi connectivity index (χ4n) is 1.03. The van der Waals surface area contributed by atoms with E-state index in [1.165, 1.54) is 0 Å². The lowest BCUT2D eigenvalue weighted by Gasteiger charge is -1.98. The van der Waals surface area contributed by atoms with E-state index in [9.17, 15) is 4.79 Å². The number of ether oxygens (including phenoxy) is 1. The number of halogens is 1. The van der Waals surface area contributed by atoms with Gasteiger partial charge >= 0.3 is 5.43 Å². The van der Waals surface area contributed by atoms with Crippen molar-refractivity contribution in [2.75, 3.05) is 0 Å². The van der Waals surface area contributed by atoms with Crippen LogP contribution in [0.4, 0.5) is 4.79 Å². The highest BCUT2D eigenvalue weighted by molar-refractivity contribution is 6.61. The van der Waals surface area contributed by atoms with E-state index in [4.69, 9.17) is 11.6 Å². The van der Waals surface area contributed by atoms with Crippen LogP contribution in [0.15, 0.2) is 60.9 Å². The van der Waals surface area contributed by atoms with E-state index in [1.54, 1.807) is 12.4 Å². The molecule has 17 heavy (non-hydrogen) atoms. The summed E-state index contributed by atoms with van der Waals surface area (Å²) in [6, 6.07) is 15.1. The number of carbonyl (C=O) groups is 1. The Kier molecular flexibility index (Phi) is 6.44. The summed E-state index contributed by atoms with van der Waals surface area (Å²) in [5.41, 5.74) is 0.162. The summed E-state index contributed by atoms with van der Waals surface area (Å²) < 4.78 is 4.55. The van der Waals surface area contributed by atoms with Gasteiger partial charge in [0.1, 0.15) is 6.61 Å². The van der Waals surface area contributed by atoms with E-state index < -0.39 is 5.43 Å². The van der Waals surface area contributed by atoms with Crippen LogP contribution in [0.1, 0.15) is 5.56 Å². The Morgan fingerprint density at radius 3 is 2.06 bits per heavy atom. The van der Waals surface area contributed by atoms with Crippen LogP contribution in [0.25, 0.3) is 0 Å². The topological polar surface area (TPSA) is 39.2 Å². The molecule has 0 fully saturated rings. The predicted octanol–water partition coefficient (Wildman–Crippen LogP) is 3.64. The van der Waals surface area contributed by atoms with Crippen molar-refractivity contribution >= 4 is 17.0 Å². The number of pyridine rings is 1. The summed E-state index contributed by atoms with van der Waals surface area (Å²) in [7, 11) is 0. The average Bonchev–Trinajstić information content (AvgIpc) is 2.40. The molecular weight excluding hydrogens is 238 g/mol. The molecule has 3 nitrogen and oxygen atoms in total. The molecule has 4 heteroatoms. The third-order valence-electron chi connectivity index (χ3n) is 1.76. The third kappa shape index (κ3) is 7.09. The van der Waals surface area contributed by atoms with Crippen molar-refractivity contribution in [1.29, 1.82) is 0 Å². The fraction of sp³-hybridized carbons (Fsp3) is 0.0769. The second kappa shape index (κ2) is 8.30. The molecule has 0 radical (unpaired) electrons. The Morgan fingerprint density at radius 1 is 1.06 bits per heavy atom. The molecule has 1 aromatic carbocycles. The Labute approximate surface area is 105 Å². The van der Waals surface area contributed by atoms with Gasteiger partial charge in [0.25, 0.3) is 0 Å². The molecule has 0 N–H and O–H groups in total. The number of hydrogen-bond acceptors (Lipinski definition) is 3. The maximum absolute atomic E-state index is 10.2. The van der Waals surface area contributed by atoms with Crippen molar-refractivity contribution in [3.63, 3.8) is 0 Å². The van der Waals surface area contributed by atoms with E-state index in [-0.39, 0.29) is 6.61 Å². The quantitative estimate of drug-likeness (QED) is 0.763. The van der Waals surface area contributed by atoms with Gasteiger partial charge in [0.15, 0.2) is 0 Å².